The molecule has 3 aromatic rings. The maximum absolute atomic E-state index is 13.6. The molecule has 3 rings (SSSR count). The van der Waals surface area contributed by atoms with Gasteiger partial charge in [-0.05, 0) is 19.1 Å². The van der Waals surface area contributed by atoms with E-state index >= 15 is 0 Å². The van der Waals surface area contributed by atoms with Gasteiger partial charge in [0.05, 0.1) is 5.52 Å². The maximum Gasteiger partial charge on any atom is 0.153 e. The highest BCUT2D eigenvalue weighted by Gasteiger charge is 2.13. The van der Waals surface area contributed by atoms with Crippen molar-refractivity contribution in [2.75, 3.05) is 0 Å². The molecule has 0 aliphatic heterocycles. The fourth-order valence-corrected chi connectivity index (χ4v) is 2.05. The standard InChI is InChI=1S/C14H10F2N2O/c1-7-9(3-2-4-12(7)19)14-17-11-6-8(15)5-10(16)13(11)18-14/h2-6,19H,1H3,(H,17,18). The zero-order valence-corrected chi connectivity index (χ0v) is 10.0. The van der Waals surface area contributed by atoms with Crippen LogP contribution in [0.1, 0.15) is 5.56 Å². The van der Waals surface area contributed by atoms with Gasteiger partial charge >= 0.3 is 0 Å². The van der Waals surface area contributed by atoms with Crippen LogP contribution in [0.15, 0.2) is 30.3 Å². The summed E-state index contributed by atoms with van der Waals surface area (Å²) in [6.07, 6.45) is 0. The van der Waals surface area contributed by atoms with Gasteiger partial charge in [0, 0.05) is 17.2 Å². The Morgan fingerprint density at radius 3 is 2.79 bits per heavy atom. The molecule has 5 heteroatoms. The van der Waals surface area contributed by atoms with Gasteiger partial charge in [0.15, 0.2) is 5.82 Å². The monoisotopic (exact) mass is 260 g/mol. The van der Waals surface area contributed by atoms with Crippen LogP contribution in [-0.2, 0) is 0 Å². The second-order valence-electron chi connectivity index (χ2n) is 4.32. The summed E-state index contributed by atoms with van der Waals surface area (Å²) < 4.78 is 26.7. The number of nitrogens with one attached hydrogen (secondary N) is 1. The molecule has 96 valence electrons. The van der Waals surface area contributed by atoms with E-state index in [9.17, 15) is 13.9 Å². The topological polar surface area (TPSA) is 48.9 Å². The maximum atomic E-state index is 13.6. The van der Waals surface area contributed by atoms with E-state index in [1.165, 1.54) is 6.07 Å². The zero-order chi connectivity index (χ0) is 13.6. The van der Waals surface area contributed by atoms with Crippen LogP contribution in [0.4, 0.5) is 8.78 Å². The smallest absolute Gasteiger partial charge is 0.153 e. The molecule has 0 bridgehead atoms. The lowest BCUT2D eigenvalue weighted by atomic mass is 10.1. The quantitative estimate of drug-likeness (QED) is 0.703. The SMILES string of the molecule is Cc1c(O)cccc1-c1nc2c(F)cc(F)cc2[nH]1. The molecular formula is C14H10F2N2O. The van der Waals surface area contributed by atoms with Crippen LogP contribution in [0.3, 0.4) is 0 Å². The number of H-pyrrole nitrogens is 1. The van der Waals surface area contributed by atoms with Crippen molar-refractivity contribution in [2.45, 2.75) is 6.92 Å². The van der Waals surface area contributed by atoms with Gasteiger partial charge in [-0.25, -0.2) is 13.8 Å². The number of aromatic amines is 1. The summed E-state index contributed by atoms with van der Waals surface area (Å²) in [7, 11) is 0. The van der Waals surface area contributed by atoms with Gasteiger partial charge in [-0.2, -0.15) is 0 Å². The predicted octanol–water partition coefficient (Wildman–Crippen LogP) is 3.52. The number of fused-ring (bicyclic) bond motifs is 1. The highest BCUT2D eigenvalue weighted by atomic mass is 19.1. The molecule has 0 aliphatic rings. The van der Waals surface area contributed by atoms with Gasteiger partial charge in [0.1, 0.15) is 22.9 Å². The number of benzene rings is 2. The van der Waals surface area contributed by atoms with E-state index in [-0.39, 0.29) is 16.8 Å². The van der Waals surface area contributed by atoms with Crippen LogP contribution >= 0.6 is 0 Å². The summed E-state index contributed by atoms with van der Waals surface area (Å²) in [5.74, 6) is -0.847. The average molecular weight is 260 g/mol. The molecule has 3 nitrogen and oxygen atoms in total. The summed E-state index contributed by atoms with van der Waals surface area (Å²) >= 11 is 0. The molecule has 2 aromatic carbocycles. The molecule has 0 fully saturated rings. The van der Waals surface area contributed by atoms with Crippen LogP contribution in [0.25, 0.3) is 22.4 Å². The third-order valence-electron chi connectivity index (χ3n) is 3.07. The number of hydrogen-bond donors (Lipinski definition) is 2. The van der Waals surface area contributed by atoms with E-state index in [1.54, 1.807) is 25.1 Å². The van der Waals surface area contributed by atoms with Crippen molar-refractivity contribution in [2.24, 2.45) is 0 Å². The first-order valence-electron chi connectivity index (χ1n) is 5.70. The predicted molar refractivity (Wildman–Crippen MR) is 67.8 cm³/mol. The van der Waals surface area contributed by atoms with E-state index in [1.807, 2.05) is 0 Å². The van der Waals surface area contributed by atoms with Crippen molar-refractivity contribution in [3.63, 3.8) is 0 Å². The molecule has 0 saturated heterocycles. The number of halogens is 2. The fraction of sp³-hybridized carbons (Fsp3) is 0.0714. The summed E-state index contributed by atoms with van der Waals surface area (Å²) in [6.45, 7) is 1.73. The molecule has 0 unspecified atom stereocenters. The first-order chi connectivity index (χ1) is 9.06. The minimum Gasteiger partial charge on any atom is -0.508 e. The number of hydrogen-bond acceptors (Lipinski definition) is 2. The lowest BCUT2D eigenvalue weighted by molar-refractivity contribution is 0.471. The summed E-state index contributed by atoms with van der Waals surface area (Å²) in [4.78, 5) is 6.98. The normalized spacial score (nSPS) is 11.1. The van der Waals surface area contributed by atoms with Gasteiger partial charge in [0.25, 0.3) is 0 Å². The van der Waals surface area contributed by atoms with Crippen LogP contribution in [0.5, 0.6) is 5.75 Å². The zero-order valence-electron chi connectivity index (χ0n) is 10.0. The van der Waals surface area contributed by atoms with Gasteiger partial charge in [-0.15, -0.1) is 0 Å². The number of phenols is 1. The Bertz CT molecular complexity index is 780. The Balaban J connectivity index is 2.26. The minimum absolute atomic E-state index is 0.0825. The largest absolute Gasteiger partial charge is 0.508 e. The number of nitrogens with zero attached hydrogens (tertiary/aromatic N) is 1. The molecule has 2 N–H and O–H groups in total. The lowest BCUT2D eigenvalue weighted by Crippen LogP contribution is -1.85. The van der Waals surface area contributed by atoms with E-state index in [2.05, 4.69) is 9.97 Å². The van der Waals surface area contributed by atoms with Crippen molar-refractivity contribution >= 4 is 11.0 Å². The number of phenolic OH excluding ortho intramolecular Hbond substituents is 1. The molecule has 0 radical (unpaired) electrons. The highest BCUT2D eigenvalue weighted by molar-refractivity contribution is 5.81. The van der Waals surface area contributed by atoms with Crippen molar-refractivity contribution < 1.29 is 13.9 Å². The van der Waals surface area contributed by atoms with Crippen molar-refractivity contribution in [1.82, 2.24) is 9.97 Å². The van der Waals surface area contributed by atoms with E-state index < -0.39 is 11.6 Å². The van der Waals surface area contributed by atoms with Crippen LogP contribution in [0, 0.1) is 18.6 Å². The first-order valence-corrected chi connectivity index (χ1v) is 5.70. The van der Waals surface area contributed by atoms with Gasteiger partial charge in [-0.3, -0.25) is 0 Å². The number of aromatic hydroxyl groups is 1. The molecule has 1 aromatic heterocycles. The summed E-state index contributed by atoms with van der Waals surface area (Å²) in [5.41, 5.74) is 1.65. The lowest BCUT2D eigenvalue weighted by Gasteiger charge is -2.03. The molecule has 0 atom stereocenters. The molecule has 0 spiro atoms. The third-order valence-corrected chi connectivity index (χ3v) is 3.07. The van der Waals surface area contributed by atoms with Gasteiger partial charge in [-0.1, -0.05) is 12.1 Å². The van der Waals surface area contributed by atoms with Crippen LogP contribution in [-0.4, -0.2) is 15.1 Å². The van der Waals surface area contributed by atoms with Crippen LogP contribution < -0.4 is 0 Å². The average Bonchev–Trinajstić information content (AvgIpc) is 2.76. The summed E-state index contributed by atoms with van der Waals surface area (Å²) in [6, 6.07) is 6.96. The molecule has 1 heterocycles. The molecule has 0 amide bonds. The summed E-state index contributed by atoms with van der Waals surface area (Å²) in [5, 5.41) is 9.66. The second kappa shape index (κ2) is 4.05. The fourth-order valence-electron chi connectivity index (χ4n) is 2.05. The highest BCUT2D eigenvalue weighted by Crippen LogP contribution is 2.29. The Labute approximate surface area is 107 Å². The number of aromatic nitrogens is 2. The Hall–Kier alpha value is -2.43. The van der Waals surface area contributed by atoms with E-state index in [4.69, 9.17) is 0 Å². The third kappa shape index (κ3) is 1.83. The molecule has 19 heavy (non-hydrogen) atoms. The molecular weight excluding hydrogens is 250 g/mol. The Morgan fingerprint density at radius 1 is 1.21 bits per heavy atom. The van der Waals surface area contributed by atoms with Crippen LogP contribution in [0.2, 0.25) is 0 Å². The Kier molecular flexibility index (Phi) is 2.48. The number of rotatable bonds is 1. The molecule has 0 saturated carbocycles. The number of imidazole rings is 1. The van der Waals surface area contributed by atoms with E-state index in [0.717, 1.165) is 6.07 Å². The minimum atomic E-state index is -0.713. The first kappa shape index (κ1) is 11.6. The van der Waals surface area contributed by atoms with Gasteiger partial charge < -0.3 is 10.1 Å². The molecule has 0 aliphatic carbocycles. The van der Waals surface area contributed by atoms with Crippen molar-refractivity contribution in [3.8, 4) is 17.1 Å². The van der Waals surface area contributed by atoms with Gasteiger partial charge in [0.2, 0.25) is 0 Å². The van der Waals surface area contributed by atoms with E-state index in [0.29, 0.717) is 17.0 Å². The second-order valence-corrected chi connectivity index (χ2v) is 4.32. The van der Waals surface area contributed by atoms with Crippen molar-refractivity contribution in [1.29, 1.82) is 0 Å². The van der Waals surface area contributed by atoms with Crippen molar-refractivity contribution in [3.05, 3.63) is 47.5 Å². The Morgan fingerprint density at radius 2 is 2.00 bits per heavy atom.